The molecule has 0 saturated heterocycles. The van der Waals surface area contributed by atoms with E-state index in [1.54, 1.807) is 18.4 Å². The van der Waals surface area contributed by atoms with Crippen LogP contribution >= 0.6 is 24.0 Å². The molecular weight excluding hydrogens is 204 g/mol. The Morgan fingerprint density at radius 3 is 2.23 bits per heavy atom. The maximum atomic E-state index is 5.02. The zero-order valence-electron chi connectivity index (χ0n) is 7.81. The molecule has 4 heteroatoms. The van der Waals surface area contributed by atoms with Gasteiger partial charge in [-0.05, 0) is 10.8 Å². The van der Waals surface area contributed by atoms with E-state index in [4.69, 9.17) is 9.47 Å². The Hall–Kier alpha value is -0.0300. The first kappa shape index (κ1) is 13.0. The van der Waals surface area contributed by atoms with Crippen LogP contribution in [0.3, 0.4) is 0 Å². The third-order valence-corrected chi connectivity index (χ3v) is 1.90. The summed E-state index contributed by atoms with van der Waals surface area (Å²) in [5.41, 5.74) is 0. The largest absolute Gasteiger partial charge is 0.382 e. The van der Waals surface area contributed by atoms with E-state index in [0.29, 0.717) is 19.8 Å². The first-order valence-corrected chi connectivity index (χ1v) is 5.64. The average molecular weight is 220 g/mol. The lowest BCUT2D eigenvalue weighted by Gasteiger charge is -1.98. The van der Waals surface area contributed by atoms with Crippen molar-refractivity contribution in [3.8, 4) is 0 Å². The molecule has 0 amide bonds. The van der Waals surface area contributed by atoms with Crippen molar-refractivity contribution < 1.29 is 9.47 Å². The highest BCUT2D eigenvalue weighted by Gasteiger charge is 1.82. The van der Waals surface area contributed by atoms with Crippen molar-refractivity contribution >= 4 is 24.0 Å². The van der Waals surface area contributed by atoms with Gasteiger partial charge in [0.25, 0.3) is 0 Å². The second-order valence-corrected chi connectivity index (χ2v) is 3.39. The molecule has 0 unspecified atom stereocenters. The molecule has 0 fully saturated rings. The SMILES string of the molecule is COCCOCCS.c1ccsc1. The van der Waals surface area contributed by atoms with Crippen LogP contribution in [-0.4, -0.2) is 32.7 Å². The van der Waals surface area contributed by atoms with Gasteiger partial charge in [0, 0.05) is 12.9 Å². The molecule has 0 bridgehead atoms. The van der Waals surface area contributed by atoms with Crippen molar-refractivity contribution in [2.45, 2.75) is 0 Å². The highest BCUT2D eigenvalue weighted by molar-refractivity contribution is 7.80. The number of thiophene rings is 1. The molecule has 0 spiro atoms. The quantitative estimate of drug-likeness (QED) is 0.606. The van der Waals surface area contributed by atoms with E-state index in [2.05, 4.69) is 12.6 Å². The van der Waals surface area contributed by atoms with Crippen LogP contribution < -0.4 is 0 Å². The summed E-state index contributed by atoms with van der Waals surface area (Å²) in [5, 5.41) is 4.08. The van der Waals surface area contributed by atoms with E-state index in [1.165, 1.54) is 0 Å². The van der Waals surface area contributed by atoms with Crippen LogP contribution in [0.1, 0.15) is 0 Å². The third kappa shape index (κ3) is 12.0. The lowest BCUT2D eigenvalue weighted by atomic mass is 10.7. The minimum absolute atomic E-state index is 0.674. The molecule has 0 atom stereocenters. The molecule has 76 valence electrons. The van der Waals surface area contributed by atoms with Gasteiger partial charge in [0.05, 0.1) is 19.8 Å². The third-order valence-electron chi connectivity index (χ3n) is 1.09. The summed E-state index contributed by atoms with van der Waals surface area (Å²) >= 11 is 5.67. The van der Waals surface area contributed by atoms with Crippen molar-refractivity contribution in [3.05, 3.63) is 22.9 Å². The predicted molar refractivity (Wildman–Crippen MR) is 60.9 cm³/mol. The summed E-state index contributed by atoms with van der Waals surface area (Å²) in [6.45, 7) is 2.07. The first-order valence-electron chi connectivity index (χ1n) is 4.06. The number of rotatable bonds is 5. The predicted octanol–water partition coefficient (Wildman–Crippen LogP) is 2.33. The molecule has 0 aliphatic rings. The molecule has 0 radical (unpaired) electrons. The zero-order valence-corrected chi connectivity index (χ0v) is 9.52. The number of ether oxygens (including phenoxy) is 2. The molecular formula is C9H16O2S2. The summed E-state index contributed by atoms with van der Waals surface area (Å²) in [6, 6.07) is 4.04. The Morgan fingerprint density at radius 2 is 1.85 bits per heavy atom. The maximum Gasteiger partial charge on any atom is 0.0700 e. The number of hydrogen-bond acceptors (Lipinski definition) is 4. The topological polar surface area (TPSA) is 18.5 Å². The number of hydrogen-bond donors (Lipinski definition) is 1. The second-order valence-electron chi connectivity index (χ2n) is 2.12. The fourth-order valence-electron chi connectivity index (χ4n) is 0.536. The molecule has 1 aromatic rings. The van der Waals surface area contributed by atoms with Gasteiger partial charge < -0.3 is 9.47 Å². The van der Waals surface area contributed by atoms with Gasteiger partial charge in [-0.25, -0.2) is 0 Å². The molecule has 1 rings (SSSR count). The Kier molecular flexibility index (Phi) is 11.9. The van der Waals surface area contributed by atoms with Crippen LogP contribution in [0.4, 0.5) is 0 Å². The van der Waals surface area contributed by atoms with Crippen LogP contribution in [0.2, 0.25) is 0 Å². The van der Waals surface area contributed by atoms with Gasteiger partial charge in [0.2, 0.25) is 0 Å². The van der Waals surface area contributed by atoms with Gasteiger partial charge >= 0.3 is 0 Å². The second kappa shape index (κ2) is 12.0. The standard InChI is InChI=1S/C5H12O2S.C4H4S/c1-6-2-3-7-4-5-8;1-2-4-5-3-1/h8H,2-5H2,1H3;1-4H. The molecule has 0 aliphatic carbocycles. The first-order chi connectivity index (χ1) is 6.41. The average Bonchev–Trinajstić information content (AvgIpc) is 2.70. The van der Waals surface area contributed by atoms with Gasteiger partial charge in [-0.2, -0.15) is 24.0 Å². The lowest BCUT2D eigenvalue weighted by molar-refractivity contribution is 0.0791. The molecule has 0 saturated carbocycles. The number of thiol groups is 1. The molecule has 1 heterocycles. The fourth-order valence-corrected chi connectivity index (χ4v) is 1.12. The number of methoxy groups -OCH3 is 1. The molecule has 0 aromatic carbocycles. The van der Waals surface area contributed by atoms with Crippen molar-refractivity contribution in [1.29, 1.82) is 0 Å². The van der Waals surface area contributed by atoms with E-state index in [-0.39, 0.29) is 0 Å². The maximum absolute atomic E-state index is 5.02. The highest BCUT2D eigenvalue weighted by atomic mass is 32.1. The Labute approximate surface area is 89.3 Å². The summed E-state index contributed by atoms with van der Waals surface area (Å²) in [4.78, 5) is 0. The van der Waals surface area contributed by atoms with Gasteiger partial charge in [0.15, 0.2) is 0 Å². The minimum atomic E-state index is 0.674. The Morgan fingerprint density at radius 1 is 1.15 bits per heavy atom. The molecule has 2 nitrogen and oxygen atoms in total. The van der Waals surface area contributed by atoms with Crippen molar-refractivity contribution in [2.24, 2.45) is 0 Å². The summed E-state index contributed by atoms with van der Waals surface area (Å²) in [5.74, 6) is 0.781. The van der Waals surface area contributed by atoms with Crippen LogP contribution in [0.25, 0.3) is 0 Å². The van der Waals surface area contributed by atoms with E-state index in [9.17, 15) is 0 Å². The van der Waals surface area contributed by atoms with Crippen LogP contribution in [0.15, 0.2) is 22.9 Å². The monoisotopic (exact) mass is 220 g/mol. The normalized spacial score (nSPS) is 9.08. The van der Waals surface area contributed by atoms with Crippen LogP contribution in [0.5, 0.6) is 0 Å². The van der Waals surface area contributed by atoms with E-state index < -0.39 is 0 Å². The van der Waals surface area contributed by atoms with Crippen LogP contribution in [-0.2, 0) is 9.47 Å². The van der Waals surface area contributed by atoms with Crippen molar-refractivity contribution in [2.75, 3.05) is 32.7 Å². The van der Waals surface area contributed by atoms with Gasteiger partial charge in [-0.15, -0.1) is 0 Å². The Balaban J connectivity index is 0.000000243. The molecule has 1 aromatic heterocycles. The van der Waals surface area contributed by atoms with E-state index in [0.717, 1.165) is 5.75 Å². The lowest BCUT2D eigenvalue weighted by Crippen LogP contribution is -2.03. The summed E-state index contributed by atoms with van der Waals surface area (Å²) in [6.07, 6.45) is 0. The summed E-state index contributed by atoms with van der Waals surface area (Å²) < 4.78 is 9.76. The molecule has 0 N–H and O–H groups in total. The van der Waals surface area contributed by atoms with Gasteiger partial charge in [-0.1, -0.05) is 12.1 Å². The summed E-state index contributed by atoms with van der Waals surface area (Å²) in [7, 11) is 1.66. The van der Waals surface area contributed by atoms with Crippen molar-refractivity contribution in [3.63, 3.8) is 0 Å². The van der Waals surface area contributed by atoms with E-state index >= 15 is 0 Å². The van der Waals surface area contributed by atoms with Gasteiger partial charge in [0.1, 0.15) is 0 Å². The van der Waals surface area contributed by atoms with Crippen molar-refractivity contribution in [1.82, 2.24) is 0 Å². The Bertz CT molecular complexity index is 131. The zero-order chi connectivity index (χ0) is 9.78. The highest BCUT2D eigenvalue weighted by Crippen LogP contribution is 1.91. The molecule has 13 heavy (non-hydrogen) atoms. The fraction of sp³-hybridized carbons (Fsp3) is 0.556. The smallest absolute Gasteiger partial charge is 0.0700 e. The van der Waals surface area contributed by atoms with Crippen LogP contribution in [0, 0.1) is 0 Å². The van der Waals surface area contributed by atoms with E-state index in [1.807, 2.05) is 22.9 Å². The van der Waals surface area contributed by atoms with Gasteiger partial charge in [-0.3, -0.25) is 0 Å². The minimum Gasteiger partial charge on any atom is -0.382 e. The molecule has 0 aliphatic heterocycles.